The standard InChI is InChI=1S/C9H13N7OS/c1-2-5-17-7-13-6(16-10)14-9(15-7)18-8-11-3-4-12-8/h3-4H,2,5,10H2,1H3,(H,11,12)(H,13,14,15,16). The second-order valence-corrected chi connectivity index (χ2v) is 4.17. The minimum Gasteiger partial charge on any atom is -0.463 e. The maximum Gasteiger partial charge on any atom is 0.322 e. The van der Waals surface area contributed by atoms with Crippen molar-refractivity contribution in [3.8, 4) is 6.01 Å². The fourth-order valence-corrected chi connectivity index (χ4v) is 1.77. The zero-order chi connectivity index (χ0) is 12.8. The number of hydrazine groups is 1. The molecule has 0 aliphatic heterocycles. The third kappa shape index (κ3) is 3.31. The Morgan fingerprint density at radius 2 is 2.33 bits per heavy atom. The minimum absolute atomic E-state index is 0.244. The number of hydrogen-bond acceptors (Lipinski definition) is 8. The number of aromatic nitrogens is 5. The van der Waals surface area contributed by atoms with Gasteiger partial charge >= 0.3 is 6.01 Å². The molecule has 2 heterocycles. The van der Waals surface area contributed by atoms with Crippen LogP contribution in [0.4, 0.5) is 5.95 Å². The van der Waals surface area contributed by atoms with Crippen molar-refractivity contribution in [2.24, 2.45) is 5.84 Å². The quantitative estimate of drug-likeness (QED) is 0.520. The van der Waals surface area contributed by atoms with Crippen molar-refractivity contribution in [1.82, 2.24) is 24.9 Å². The van der Waals surface area contributed by atoms with E-state index in [1.165, 1.54) is 11.8 Å². The van der Waals surface area contributed by atoms with Crippen molar-refractivity contribution in [3.05, 3.63) is 12.4 Å². The van der Waals surface area contributed by atoms with Crippen LogP contribution >= 0.6 is 11.8 Å². The second kappa shape index (κ2) is 6.17. The van der Waals surface area contributed by atoms with Gasteiger partial charge in [-0.25, -0.2) is 10.8 Å². The molecule has 0 spiro atoms. The van der Waals surface area contributed by atoms with Crippen LogP contribution in [0.3, 0.4) is 0 Å². The molecule has 0 amide bonds. The molecule has 0 atom stereocenters. The summed E-state index contributed by atoms with van der Waals surface area (Å²) in [6.07, 6.45) is 4.25. The van der Waals surface area contributed by atoms with Gasteiger partial charge in [-0.15, -0.1) is 0 Å². The molecule has 0 saturated heterocycles. The molecule has 4 N–H and O–H groups in total. The average molecular weight is 267 g/mol. The third-order valence-corrected chi connectivity index (χ3v) is 2.60. The lowest BCUT2D eigenvalue weighted by Crippen LogP contribution is -2.13. The van der Waals surface area contributed by atoms with E-state index in [-0.39, 0.29) is 12.0 Å². The molecule has 96 valence electrons. The van der Waals surface area contributed by atoms with Gasteiger partial charge in [0.25, 0.3) is 0 Å². The van der Waals surface area contributed by atoms with Gasteiger partial charge in [-0.05, 0) is 18.2 Å². The van der Waals surface area contributed by atoms with Gasteiger partial charge in [0, 0.05) is 12.4 Å². The molecule has 0 unspecified atom stereocenters. The number of H-pyrrole nitrogens is 1. The lowest BCUT2D eigenvalue weighted by molar-refractivity contribution is 0.288. The average Bonchev–Trinajstić information content (AvgIpc) is 2.89. The zero-order valence-corrected chi connectivity index (χ0v) is 10.6. The summed E-state index contributed by atoms with van der Waals surface area (Å²) < 4.78 is 5.36. The van der Waals surface area contributed by atoms with Gasteiger partial charge in [-0.3, -0.25) is 5.43 Å². The van der Waals surface area contributed by atoms with Gasteiger partial charge in [-0.2, -0.15) is 15.0 Å². The molecule has 0 aromatic carbocycles. The summed E-state index contributed by atoms with van der Waals surface area (Å²) >= 11 is 1.27. The number of nitrogens with one attached hydrogen (secondary N) is 2. The summed E-state index contributed by atoms with van der Waals surface area (Å²) in [5, 5.41) is 1.14. The van der Waals surface area contributed by atoms with Crippen molar-refractivity contribution in [2.45, 2.75) is 23.7 Å². The number of anilines is 1. The molecular formula is C9H13N7OS. The van der Waals surface area contributed by atoms with E-state index in [4.69, 9.17) is 10.6 Å². The number of rotatable bonds is 6. The normalized spacial score (nSPS) is 10.3. The number of aromatic amines is 1. The fourth-order valence-electron chi connectivity index (χ4n) is 1.10. The van der Waals surface area contributed by atoms with E-state index in [0.717, 1.165) is 6.42 Å². The predicted octanol–water partition coefficient (Wildman–Crippen LogP) is 0.820. The summed E-state index contributed by atoms with van der Waals surface area (Å²) in [6, 6.07) is 0.244. The number of nitrogens with zero attached hydrogens (tertiary/aromatic N) is 4. The Morgan fingerprint density at radius 3 is 3.00 bits per heavy atom. The van der Waals surface area contributed by atoms with Crippen molar-refractivity contribution in [1.29, 1.82) is 0 Å². The molecule has 0 aliphatic carbocycles. The second-order valence-electron chi connectivity index (χ2n) is 3.21. The summed E-state index contributed by atoms with van der Waals surface area (Å²) in [7, 11) is 0. The highest BCUT2D eigenvalue weighted by atomic mass is 32.2. The van der Waals surface area contributed by atoms with Crippen LogP contribution in [-0.2, 0) is 0 Å². The van der Waals surface area contributed by atoms with Crippen LogP contribution in [0.1, 0.15) is 13.3 Å². The Kier molecular flexibility index (Phi) is 4.31. The van der Waals surface area contributed by atoms with E-state index in [2.05, 4.69) is 30.3 Å². The maximum atomic E-state index is 5.36. The van der Waals surface area contributed by atoms with Crippen LogP contribution in [0.5, 0.6) is 6.01 Å². The SMILES string of the molecule is CCCOc1nc(NN)nc(Sc2ncc[nH]2)n1. The van der Waals surface area contributed by atoms with Crippen molar-refractivity contribution in [3.63, 3.8) is 0 Å². The molecule has 18 heavy (non-hydrogen) atoms. The first kappa shape index (κ1) is 12.6. The van der Waals surface area contributed by atoms with Gasteiger partial charge in [-0.1, -0.05) is 6.92 Å². The van der Waals surface area contributed by atoms with E-state index >= 15 is 0 Å². The zero-order valence-electron chi connectivity index (χ0n) is 9.75. The van der Waals surface area contributed by atoms with Gasteiger partial charge in [0.05, 0.1) is 6.61 Å². The molecule has 8 nitrogen and oxygen atoms in total. The van der Waals surface area contributed by atoms with Crippen LogP contribution < -0.4 is 16.0 Å². The lowest BCUT2D eigenvalue weighted by atomic mass is 10.5. The Morgan fingerprint density at radius 1 is 1.44 bits per heavy atom. The molecule has 0 radical (unpaired) electrons. The van der Waals surface area contributed by atoms with Crippen LogP contribution in [0.2, 0.25) is 0 Å². The molecule has 0 aliphatic rings. The van der Waals surface area contributed by atoms with E-state index in [1.807, 2.05) is 6.92 Å². The summed E-state index contributed by atoms with van der Waals surface area (Å²) in [5.41, 5.74) is 2.38. The first-order valence-electron chi connectivity index (χ1n) is 5.34. The smallest absolute Gasteiger partial charge is 0.322 e. The van der Waals surface area contributed by atoms with Crippen LogP contribution in [0.25, 0.3) is 0 Å². The Hall–Kier alpha value is -1.87. The molecule has 9 heteroatoms. The molecule has 0 saturated carbocycles. The topological polar surface area (TPSA) is 115 Å². The van der Waals surface area contributed by atoms with Gasteiger partial charge < -0.3 is 9.72 Å². The highest BCUT2D eigenvalue weighted by Crippen LogP contribution is 2.22. The van der Waals surface area contributed by atoms with Gasteiger partial charge in [0.1, 0.15) is 0 Å². The van der Waals surface area contributed by atoms with Crippen molar-refractivity contribution >= 4 is 17.7 Å². The van der Waals surface area contributed by atoms with Crippen molar-refractivity contribution < 1.29 is 4.74 Å². The van der Waals surface area contributed by atoms with Crippen LogP contribution in [0.15, 0.2) is 22.7 Å². The molecule has 0 fully saturated rings. The lowest BCUT2D eigenvalue weighted by Gasteiger charge is -2.05. The fraction of sp³-hybridized carbons (Fsp3) is 0.333. The number of hydrogen-bond donors (Lipinski definition) is 3. The molecule has 2 aromatic rings. The maximum absolute atomic E-state index is 5.36. The first-order valence-corrected chi connectivity index (χ1v) is 6.16. The van der Waals surface area contributed by atoms with Crippen LogP contribution in [0, 0.1) is 0 Å². The highest BCUT2D eigenvalue weighted by molar-refractivity contribution is 7.99. The Bertz CT molecular complexity index is 490. The number of imidazole rings is 1. The van der Waals surface area contributed by atoms with E-state index in [1.54, 1.807) is 12.4 Å². The summed E-state index contributed by atoms with van der Waals surface area (Å²) in [4.78, 5) is 19.3. The number of nitrogens with two attached hydrogens (primary N) is 1. The number of nitrogen functional groups attached to an aromatic ring is 1. The monoisotopic (exact) mass is 267 g/mol. The molecular weight excluding hydrogens is 254 g/mol. The summed E-state index contributed by atoms with van der Waals surface area (Å²) in [5.74, 6) is 5.55. The van der Waals surface area contributed by atoms with Crippen LogP contribution in [-0.4, -0.2) is 31.5 Å². The van der Waals surface area contributed by atoms with E-state index < -0.39 is 0 Å². The molecule has 0 bridgehead atoms. The van der Waals surface area contributed by atoms with Gasteiger partial charge in [0.2, 0.25) is 11.1 Å². The number of ether oxygens (including phenoxy) is 1. The van der Waals surface area contributed by atoms with E-state index in [0.29, 0.717) is 16.9 Å². The summed E-state index contributed by atoms with van der Waals surface area (Å²) in [6.45, 7) is 2.54. The predicted molar refractivity (Wildman–Crippen MR) is 66.1 cm³/mol. The van der Waals surface area contributed by atoms with Gasteiger partial charge in [0.15, 0.2) is 5.16 Å². The molecule has 2 rings (SSSR count). The molecule has 2 aromatic heterocycles. The Labute approximate surface area is 108 Å². The largest absolute Gasteiger partial charge is 0.463 e. The highest BCUT2D eigenvalue weighted by Gasteiger charge is 2.09. The van der Waals surface area contributed by atoms with E-state index in [9.17, 15) is 0 Å². The van der Waals surface area contributed by atoms with Crippen molar-refractivity contribution in [2.75, 3.05) is 12.0 Å². The Balaban J connectivity index is 2.17. The third-order valence-electron chi connectivity index (χ3n) is 1.82. The first-order chi connectivity index (χ1) is 8.81. The minimum atomic E-state index is 0.244.